The second kappa shape index (κ2) is 4.41. The lowest BCUT2D eigenvalue weighted by Crippen LogP contribution is -2.09. The Morgan fingerprint density at radius 1 is 1.41 bits per heavy atom. The minimum absolute atomic E-state index is 0.621. The molecule has 1 saturated carbocycles. The van der Waals surface area contributed by atoms with E-state index in [1.165, 1.54) is 18.4 Å². The Hall–Kier alpha value is -1.48. The van der Waals surface area contributed by atoms with Gasteiger partial charge in [0.2, 0.25) is 5.95 Å². The summed E-state index contributed by atoms with van der Waals surface area (Å²) in [6.45, 7) is 0.801. The van der Waals surface area contributed by atoms with Crippen LogP contribution in [0.3, 0.4) is 0 Å². The molecule has 0 aliphatic heterocycles. The summed E-state index contributed by atoms with van der Waals surface area (Å²) in [5.74, 6) is 0.951. The van der Waals surface area contributed by atoms with Crippen molar-refractivity contribution < 1.29 is 0 Å². The minimum atomic E-state index is 0.621. The Balaban J connectivity index is 1.77. The van der Waals surface area contributed by atoms with E-state index in [0.29, 0.717) is 6.04 Å². The number of benzene rings is 1. The molecule has 88 valence electrons. The maximum Gasteiger partial charge on any atom is 0.203 e. The predicted octanol–water partition coefficient (Wildman–Crippen LogP) is 3.16. The minimum Gasteiger partial charge on any atom is -0.353 e. The van der Waals surface area contributed by atoms with E-state index in [0.717, 1.165) is 17.5 Å². The van der Waals surface area contributed by atoms with Crippen LogP contribution >= 0.6 is 11.6 Å². The summed E-state index contributed by atoms with van der Waals surface area (Å²) in [4.78, 5) is 4.33. The van der Waals surface area contributed by atoms with Crippen molar-refractivity contribution in [3.8, 4) is 0 Å². The molecule has 1 aliphatic carbocycles. The Morgan fingerprint density at radius 3 is 3.06 bits per heavy atom. The Morgan fingerprint density at radius 2 is 2.29 bits per heavy atom. The van der Waals surface area contributed by atoms with Crippen LogP contribution in [0.1, 0.15) is 18.4 Å². The SMILES string of the molecule is Clc1cccc(Cn2ccnc2NC2CC2)c1. The second-order valence-corrected chi connectivity index (χ2v) is 4.86. The average Bonchev–Trinajstić information content (AvgIpc) is 3.01. The molecule has 0 spiro atoms. The van der Waals surface area contributed by atoms with E-state index in [1.54, 1.807) is 0 Å². The van der Waals surface area contributed by atoms with E-state index in [1.807, 2.05) is 30.6 Å². The second-order valence-electron chi connectivity index (χ2n) is 4.43. The fourth-order valence-electron chi connectivity index (χ4n) is 1.82. The van der Waals surface area contributed by atoms with Crippen LogP contribution in [-0.4, -0.2) is 15.6 Å². The van der Waals surface area contributed by atoms with Crippen molar-refractivity contribution in [2.45, 2.75) is 25.4 Å². The average molecular weight is 248 g/mol. The molecule has 3 rings (SSSR count). The third-order valence-electron chi connectivity index (χ3n) is 2.87. The normalized spacial score (nSPS) is 14.9. The molecule has 4 heteroatoms. The molecule has 0 atom stereocenters. The molecule has 0 amide bonds. The van der Waals surface area contributed by atoms with Crippen LogP contribution in [0.2, 0.25) is 5.02 Å². The van der Waals surface area contributed by atoms with Crippen molar-refractivity contribution in [2.24, 2.45) is 0 Å². The zero-order chi connectivity index (χ0) is 11.7. The van der Waals surface area contributed by atoms with Crippen LogP contribution in [0.25, 0.3) is 0 Å². The van der Waals surface area contributed by atoms with Crippen molar-refractivity contribution in [1.29, 1.82) is 0 Å². The molecule has 1 aliphatic rings. The Kier molecular flexibility index (Phi) is 2.77. The highest BCUT2D eigenvalue weighted by molar-refractivity contribution is 6.30. The van der Waals surface area contributed by atoms with Crippen LogP contribution < -0.4 is 5.32 Å². The lowest BCUT2D eigenvalue weighted by molar-refractivity contribution is 0.796. The van der Waals surface area contributed by atoms with E-state index in [4.69, 9.17) is 11.6 Å². The molecule has 1 fully saturated rings. The topological polar surface area (TPSA) is 29.9 Å². The van der Waals surface area contributed by atoms with Crippen LogP contribution in [0.5, 0.6) is 0 Å². The van der Waals surface area contributed by atoms with Crippen molar-refractivity contribution in [3.05, 3.63) is 47.2 Å². The van der Waals surface area contributed by atoms with Gasteiger partial charge in [-0.25, -0.2) is 4.98 Å². The van der Waals surface area contributed by atoms with E-state index in [2.05, 4.69) is 20.9 Å². The van der Waals surface area contributed by atoms with Crippen LogP contribution in [0.15, 0.2) is 36.7 Å². The highest BCUT2D eigenvalue weighted by Gasteiger charge is 2.22. The third kappa shape index (κ3) is 2.61. The lowest BCUT2D eigenvalue weighted by atomic mass is 10.2. The van der Waals surface area contributed by atoms with E-state index >= 15 is 0 Å². The quantitative estimate of drug-likeness (QED) is 0.900. The standard InChI is InChI=1S/C13H14ClN3/c14-11-3-1-2-10(8-11)9-17-7-6-15-13(17)16-12-4-5-12/h1-3,6-8,12H,4-5,9H2,(H,15,16). The maximum atomic E-state index is 5.98. The summed E-state index contributed by atoms with van der Waals surface area (Å²) in [7, 11) is 0. The molecular weight excluding hydrogens is 234 g/mol. The van der Waals surface area contributed by atoms with Crippen molar-refractivity contribution in [1.82, 2.24) is 9.55 Å². The molecule has 17 heavy (non-hydrogen) atoms. The fourth-order valence-corrected chi connectivity index (χ4v) is 2.03. The largest absolute Gasteiger partial charge is 0.353 e. The fraction of sp³-hybridized carbons (Fsp3) is 0.308. The third-order valence-corrected chi connectivity index (χ3v) is 3.10. The first kappa shape index (κ1) is 10.7. The molecule has 1 N–H and O–H groups in total. The van der Waals surface area contributed by atoms with E-state index in [9.17, 15) is 0 Å². The van der Waals surface area contributed by atoms with Gasteiger partial charge in [0, 0.05) is 23.5 Å². The molecule has 2 aromatic rings. The number of imidazole rings is 1. The Labute approximate surface area is 105 Å². The van der Waals surface area contributed by atoms with Gasteiger partial charge in [0.25, 0.3) is 0 Å². The molecule has 0 bridgehead atoms. The van der Waals surface area contributed by atoms with Gasteiger partial charge >= 0.3 is 0 Å². The van der Waals surface area contributed by atoms with E-state index < -0.39 is 0 Å². The zero-order valence-corrected chi connectivity index (χ0v) is 10.2. The molecular formula is C13H14ClN3. The smallest absolute Gasteiger partial charge is 0.203 e. The molecule has 1 aromatic carbocycles. The Bertz CT molecular complexity index is 517. The van der Waals surface area contributed by atoms with Gasteiger partial charge in [-0.3, -0.25) is 0 Å². The highest BCUT2D eigenvalue weighted by Crippen LogP contribution is 2.24. The maximum absolute atomic E-state index is 5.98. The number of anilines is 1. The number of nitrogens with one attached hydrogen (secondary N) is 1. The van der Waals surface area contributed by atoms with Gasteiger partial charge in [-0.15, -0.1) is 0 Å². The number of halogens is 1. The van der Waals surface area contributed by atoms with Crippen LogP contribution in [0, 0.1) is 0 Å². The van der Waals surface area contributed by atoms with Gasteiger partial charge in [0.05, 0.1) is 6.54 Å². The van der Waals surface area contributed by atoms with Crippen molar-refractivity contribution in [2.75, 3.05) is 5.32 Å². The van der Waals surface area contributed by atoms with Crippen molar-refractivity contribution >= 4 is 17.5 Å². The summed E-state index contributed by atoms with van der Waals surface area (Å²) in [5.41, 5.74) is 1.19. The summed E-state index contributed by atoms with van der Waals surface area (Å²) in [5, 5.41) is 4.20. The van der Waals surface area contributed by atoms with Crippen molar-refractivity contribution in [3.63, 3.8) is 0 Å². The number of aromatic nitrogens is 2. The first-order chi connectivity index (χ1) is 8.31. The van der Waals surface area contributed by atoms with Gasteiger partial charge in [-0.05, 0) is 30.5 Å². The summed E-state index contributed by atoms with van der Waals surface area (Å²) >= 11 is 5.98. The van der Waals surface area contributed by atoms with Crippen LogP contribution in [-0.2, 0) is 6.54 Å². The van der Waals surface area contributed by atoms with Gasteiger partial charge in [0.1, 0.15) is 0 Å². The van der Waals surface area contributed by atoms with Gasteiger partial charge in [0.15, 0.2) is 0 Å². The molecule has 3 nitrogen and oxygen atoms in total. The number of hydrogen-bond donors (Lipinski definition) is 1. The highest BCUT2D eigenvalue weighted by atomic mass is 35.5. The molecule has 0 unspecified atom stereocenters. The first-order valence-corrected chi connectivity index (χ1v) is 6.21. The number of rotatable bonds is 4. The van der Waals surface area contributed by atoms with E-state index in [-0.39, 0.29) is 0 Å². The number of nitrogens with zero attached hydrogens (tertiary/aromatic N) is 2. The van der Waals surface area contributed by atoms with Gasteiger partial charge < -0.3 is 9.88 Å². The van der Waals surface area contributed by atoms with Gasteiger partial charge in [-0.1, -0.05) is 23.7 Å². The lowest BCUT2D eigenvalue weighted by Gasteiger charge is -2.09. The monoisotopic (exact) mass is 247 g/mol. The molecule has 1 aromatic heterocycles. The predicted molar refractivity (Wildman–Crippen MR) is 69.4 cm³/mol. The summed E-state index contributed by atoms with van der Waals surface area (Å²) in [6, 6.07) is 8.55. The van der Waals surface area contributed by atoms with Gasteiger partial charge in [-0.2, -0.15) is 0 Å². The summed E-state index contributed by atoms with van der Waals surface area (Å²) < 4.78 is 2.12. The molecule has 0 saturated heterocycles. The zero-order valence-electron chi connectivity index (χ0n) is 9.44. The van der Waals surface area contributed by atoms with Crippen LogP contribution in [0.4, 0.5) is 5.95 Å². The molecule has 1 heterocycles. The summed E-state index contributed by atoms with van der Waals surface area (Å²) in [6.07, 6.45) is 6.33. The number of hydrogen-bond acceptors (Lipinski definition) is 2. The molecule has 0 radical (unpaired) electrons. The first-order valence-electron chi connectivity index (χ1n) is 5.83.